The van der Waals surface area contributed by atoms with Crippen LogP contribution < -0.4 is 5.32 Å². The highest BCUT2D eigenvalue weighted by atomic mass is 32.2. The van der Waals surface area contributed by atoms with Crippen molar-refractivity contribution in [2.75, 3.05) is 37.5 Å². The lowest BCUT2D eigenvalue weighted by molar-refractivity contribution is 0.346. The van der Waals surface area contributed by atoms with Crippen molar-refractivity contribution in [2.24, 2.45) is 0 Å². The summed E-state index contributed by atoms with van der Waals surface area (Å²) in [6.07, 6.45) is 3.07. The molecule has 0 aliphatic rings. The second-order valence-electron chi connectivity index (χ2n) is 4.45. The fourth-order valence-corrected chi connectivity index (χ4v) is 2.16. The van der Waals surface area contributed by atoms with Crippen molar-refractivity contribution >= 4 is 15.7 Å². The first-order valence-electron chi connectivity index (χ1n) is 5.96. The minimum Gasteiger partial charge on any atom is -0.370 e. The number of nitrogens with zero attached hydrogens (tertiary/aromatic N) is 2. The Morgan fingerprint density at radius 2 is 2.11 bits per heavy atom. The molecular formula is C12H21N3O2S. The van der Waals surface area contributed by atoms with Crippen molar-refractivity contribution in [1.29, 1.82) is 0 Å². The molecule has 0 spiro atoms. The Balaban J connectivity index is 2.46. The molecule has 0 amide bonds. The van der Waals surface area contributed by atoms with Crippen molar-refractivity contribution < 1.29 is 8.42 Å². The van der Waals surface area contributed by atoms with E-state index >= 15 is 0 Å². The summed E-state index contributed by atoms with van der Waals surface area (Å²) in [5, 5.41) is 3.13. The Kier molecular flexibility index (Phi) is 5.55. The van der Waals surface area contributed by atoms with Crippen LogP contribution in [-0.4, -0.2) is 50.4 Å². The highest BCUT2D eigenvalue weighted by Gasteiger charge is 2.06. The van der Waals surface area contributed by atoms with E-state index in [0.717, 1.165) is 17.9 Å². The lowest BCUT2D eigenvalue weighted by Crippen LogP contribution is -2.24. The molecule has 1 heterocycles. The van der Waals surface area contributed by atoms with E-state index in [1.54, 1.807) is 0 Å². The second kappa shape index (κ2) is 6.70. The first-order chi connectivity index (χ1) is 8.40. The quantitative estimate of drug-likeness (QED) is 0.801. The monoisotopic (exact) mass is 271 g/mol. The normalized spacial score (nSPS) is 11.8. The van der Waals surface area contributed by atoms with Gasteiger partial charge in [0, 0.05) is 32.1 Å². The summed E-state index contributed by atoms with van der Waals surface area (Å²) in [7, 11) is -0.987. The van der Waals surface area contributed by atoms with Gasteiger partial charge in [-0.05, 0) is 25.6 Å². The molecule has 0 aliphatic heterocycles. The molecule has 6 heteroatoms. The van der Waals surface area contributed by atoms with E-state index in [1.165, 1.54) is 6.26 Å². The average Bonchev–Trinajstić information content (AvgIpc) is 2.29. The maximum absolute atomic E-state index is 11.1. The molecule has 0 saturated carbocycles. The van der Waals surface area contributed by atoms with E-state index in [9.17, 15) is 8.42 Å². The zero-order valence-electron chi connectivity index (χ0n) is 11.2. The predicted molar refractivity (Wildman–Crippen MR) is 74.4 cm³/mol. The Hall–Kier alpha value is -1.14. The minimum absolute atomic E-state index is 0.187. The van der Waals surface area contributed by atoms with Crippen LogP contribution in [0.5, 0.6) is 0 Å². The molecule has 1 aromatic rings. The van der Waals surface area contributed by atoms with Crippen LogP contribution in [0.3, 0.4) is 0 Å². The van der Waals surface area contributed by atoms with Gasteiger partial charge in [-0.25, -0.2) is 13.4 Å². The maximum atomic E-state index is 11.1. The molecule has 0 saturated heterocycles. The van der Waals surface area contributed by atoms with E-state index < -0.39 is 9.84 Å². The van der Waals surface area contributed by atoms with E-state index in [2.05, 4.69) is 10.3 Å². The van der Waals surface area contributed by atoms with Gasteiger partial charge >= 0.3 is 0 Å². The highest BCUT2D eigenvalue weighted by Crippen LogP contribution is 2.06. The van der Waals surface area contributed by atoms with Crippen LogP contribution >= 0.6 is 0 Å². The van der Waals surface area contributed by atoms with Crippen LogP contribution in [0.25, 0.3) is 0 Å². The smallest absolute Gasteiger partial charge is 0.148 e. The standard InChI is InChI=1S/C12H21N3O2S/c1-4-13-12-6-5-11(9-14-12)10-15(2)7-8-18(3,16)17/h5-6,9H,4,7-8,10H2,1-3H3,(H,13,14). The third kappa shape index (κ3) is 5.97. The lowest BCUT2D eigenvalue weighted by atomic mass is 10.2. The topological polar surface area (TPSA) is 62.3 Å². The lowest BCUT2D eigenvalue weighted by Gasteiger charge is -2.16. The predicted octanol–water partition coefficient (Wildman–Crippen LogP) is 0.990. The van der Waals surface area contributed by atoms with Gasteiger partial charge in [-0.15, -0.1) is 0 Å². The molecule has 0 atom stereocenters. The number of hydrogen-bond acceptors (Lipinski definition) is 5. The molecule has 1 N–H and O–H groups in total. The molecule has 102 valence electrons. The van der Waals surface area contributed by atoms with Crippen LogP contribution in [0.2, 0.25) is 0 Å². The number of pyridine rings is 1. The molecule has 0 unspecified atom stereocenters. The summed E-state index contributed by atoms with van der Waals surface area (Å²) >= 11 is 0. The van der Waals surface area contributed by atoms with Crippen LogP contribution in [0.1, 0.15) is 12.5 Å². The van der Waals surface area contributed by atoms with Gasteiger partial charge in [-0.3, -0.25) is 0 Å². The first-order valence-corrected chi connectivity index (χ1v) is 8.02. The Morgan fingerprint density at radius 3 is 2.61 bits per heavy atom. The number of aromatic nitrogens is 1. The van der Waals surface area contributed by atoms with Crippen molar-refractivity contribution in [3.63, 3.8) is 0 Å². The fraction of sp³-hybridized carbons (Fsp3) is 0.583. The van der Waals surface area contributed by atoms with Crippen LogP contribution in [0.4, 0.5) is 5.82 Å². The van der Waals surface area contributed by atoms with E-state index in [4.69, 9.17) is 0 Å². The molecule has 1 aromatic heterocycles. The molecule has 0 radical (unpaired) electrons. The number of anilines is 1. The number of rotatable bonds is 7. The summed E-state index contributed by atoms with van der Waals surface area (Å²) in [6, 6.07) is 3.94. The van der Waals surface area contributed by atoms with Gasteiger partial charge in [-0.1, -0.05) is 6.07 Å². The van der Waals surface area contributed by atoms with Crippen molar-refractivity contribution in [1.82, 2.24) is 9.88 Å². The fourth-order valence-electron chi connectivity index (χ4n) is 1.52. The minimum atomic E-state index is -2.89. The number of sulfone groups is 1. The van der Waals surface area contributed by atoms with E-state index in [-0.39, 0.29) is 5.75 Å². The van der Waals surface area contributed by atoms with Gasteiger partial charge in [0.05, 0.1) is 5.75 Å². The van der Waals surface area contributed by atoms with E-state index in [1.807, 2.05) is 37.2 Å². The number of hydrogen-bond donors (Lipinski definition) is 1. The van der Waals surface area contributed by atoms with Gasteiger partial charge in [0.15, 0.2) is 0 Å². The Bertz CT molecular complexity index is 457. The van der Waals surface area contributed by atoms with Gasteiger partial charge in [0.1, 0.15) is 15.7 Å². The summed E-state index contributed by atoms with van der Waals surface area (Å²) in [4.78, 5) is 6.25. The molecule has 5 nitrogen and oxygen atoms in total. The third-order valence-corrected chi connectivity index (χ3v) is 3.40. The zero-order valence-corrected chi connectivity index (χ0v) is 12.0. The molecule has 0 aromatic carbocycles. The Labute approximate surface area is 109 Å². The maximum Gasteiger partial charge on any atom is 0.148 e. The first kappa shape index (κ1) is 14.9. The average molecular weight is 271 g/mol. The summed E-state index contributed by atoms with van der Waals surface area (Å²) in [6.45, 7) is 4.11. The number of nitrogens with one attached hydrogen (secondary N) is 1. The molecule has 0 bridgehead atoms. The summed E-state index contributed by atoms with van der Waals surface area (Å²) in [5.41, 5.74) is 1.08. The second-order valence-corrected chi connectivity index (χ2v) is 6.71. The summed E-state index contributed by atoms with van der Waals surface area (Å²) < 4.78 is 22.1. The molecule has 18 heavy (non-hydrogen) atoms. The van der Waals surface area contributed by atoms with Gasteiger partial charge < -0.3 is 10.2 Å². The van der Waals surface area contributed by atoms with Crippen LogP contribution in [0.15, 0.2) is 18.3 Å². The van der Waals surface area contributed by atoms with Gasteiger partial charge in [0.25, 0.3) is 0 Å². The van der Waals surface area contributed by atoms with Crippen molar-refractivity contribution in [2.45, 2.75) is 13.5 Å². The molecule has 1 rings (SSSR count). The highest BCUT2D eigenvalue weighted by molar-refractivity contribution is 7.90. The van der Waals surface area contributed by atoms with E-state index in [0.29, 0.717) is 13.1 Å². The van der Waals surface area contributed by atoms with Crippen molar-refractivity contribution in [3.05, 3.63) is 23.9 Å². The van der Waals surface area contributed by atoms with Gasteiger partial charge in [0.2, 0.25) is 0 Å². The molecular weight excluding hydrogens is 250 g/mol. The molecule has 0 fully saturated rings. The van der Waals surface area contributed by atoms with Crippen molar-refractivity contribution in [3.8, 4) is 0 Å². The zero-order chi connectivity index (χ0) is 13.6. The SMILES string of the molecule is CCNc1ccc(CN(C)CCS(C)(=O)=O)cn1. The largest absolute Gasteiger partial charge is 0.370 e. The van der Waals surface area contributed by atoms with Crippen LogP contribution in [0, 0.1) is 0 Å². The molecule has 0 aliphatic carbocycles. The van der Waals surface area contributed by atoms with Crippen LogP contribution in [-0.2, 0) is 16.4 Å². The summed E-state index contributed by atoms with van der Waals surface area (Å²) in [5.74, 6) is 1.05. The third-order valence-electron chi connectivity index (χ3n) is 2.48. The van der Waals surface area contributed by atoms with Gasteiger partial charge in [-0.2, -0.15) is 0 Å². The Morgan fingerprint density at radius 1 is 1.39 bits per heavy atom.